The Morgan fingerprint density at radius 1 is 1.11 bits per heavy atom. The minimum atomic E-state index is -2.73. The number of aromatic hydroxyl groups is 1. The first kappa shape index (κ1) is 24.9. The van der Waals surface area contributed by atoms with E-state index in [-0.39, 0.29) is 24.2 Å². The maximum atomic E-state index is 13.8. The number of nitrogens with zero attached hydrogens (tertiary/aromatic N) is 2. The maximum Gasteiger partial charge on any atom is 0.235 e. The van der Waals surface area contributed by atoms with Gasteiger partial charge >= 0.3 is 0 Å². The zero-order chi connectivity index (χ0) is 27.0. The first-order chi connectivity index (χ1) is 17.4. The van der Waals surface area contributed by atoms with Crippen LogP contribution in [0.2, 0.25) is 0 Å². The third kappa shape index (κ3) is 3.39. The lowest BCUT2D eigenvalue weighted by Crippen LogP contribution is -2.74. The summed E-state index contributed by atoms with van der Waals surface area (Å²) in [7, 11) is 3.10. The molecular weight excluding hydrogens is 478 g/mol. The number of hydrogen-bond donors (Lipinski definition) is 3. The van der Waals surface area contributed by atoms with Gasteiger partial charge in [-0.3, -0.25) is 33.9 Å². The Hall–Kier alpha value is -3.76. The highest BCUT2D eigenvalue weighted by molar-refractivity contribution is 6.32. The second-order valence-corrected chi connectivity index (χ2v) is 10.4. The number of pyridine rings is 1. The van der Waals surface area contributed by atoms with Crippen molar-refractivity contribution in [2.45, 2.75) is 31.4 Å². The fraction of sp³-hybridized carbons (Fsp3) is 0.407. The van der Waals surface area contributed by atoms with Gasteiger partial charge in [-0.2, -0.15) is 0 Å². The Labute approximate surface area is 212 Å². The summed E-state index contributed by atoms with van der Waals surface area (Å²) in [5, 5.41) is 22.3. The molecule has 5 rings (SSSR count). The summed E-state index contributed by atoms with van der Waals surface area (Å²) >= 11 is 0. The second-order valence-electron chi connectivity index (χ2n) is 10.4. The second kappa shape index (κ2) is 8.39. The van der Waals surface area contributed by atoms with Crippen LogP contribution in [0, 0.1) is 30.6 Å². The van der Waals surface area contributed by atoms with Gasteiger partial charge in [0, 0.05) is 17.2 Å². The van der Waals surface area contributed by atoms with E-state index in [9.17, 15) is 34.2 Å². The number of fused-ring (bicyclic) bond motifs is 3. The van der Waals surface area contributed by atoms with Gasteiger partial charge in [0.15, 0.2) is 34.7 Å². The van der Waals surface area contributed by atoms with E-state index in [1.165, 1.54) is 11.0 Å². The summed E-state index contributed by atoms with van der Waals surface area (Å²) in [6.07, 6.45) is 0.186. The van der Waals surface area contributed by atoms with Crippen LogP contribution in [0.4, 0.5) is 0 Å². The zero-order valence-electron chi connectivity index (χ0n) is 20.6. The molecular formula is C27H27N3O7. The molecule has 1 heterocycles. The quantitative estimate of drug-likeness (QED) is 0.495. The van der Waals surface area contributed by atoms with Crippen molar-refractivity contribution >= 4 is 29.0 Å². The number of aromatic nitrogens is 1. The smallest absolute Gasteiger partial charge is 0.235 e. The summed E-state index contributed by atoms with van der Waals surface area (Å²) < 4.78 is 0. The number of phenols is 1. The van der Waals surface area contributed by atoms with Crippen LogP contribution in [0.15, 0.2) is 30.3 Å². The van der Waals surface area contributed by atoms with Gasteiger partial charge < -0.3 is 15.9 Å². The lowest BCUT2D eigenvalue weighted by atomic mass is 9.52. The Bertz CT molecular complexity index is 1400. The number of carbonyl (C=O) groups is 5. The number of carbonyl (C=O) groups excluding carboxylic acids is 5. The number of benzene rings is 1. The fourth-order valence-electron chi connectivity index (χ4n) is 6.54. The van der Waals surface area contributed by atoms with Gasteiger partial charge in [-0.05, 0) is 69.6 Å². The Morgan fingerprint density at radius 2 is 1.81 bits per heavy atom. The van der Waals surface area contributed by atoms with Crippen molar-refractivity contribution in [3.63, 3.8) is 0 Å². The van der Waals surface area contributed by atoms with Gasteiger partial charge in [-0.1, -0.05) is 6.07 Å². The third-order valence-electron chi connectivity index (χ3n) is 8.11. The third-order valence-corrected chi connectivity index (χ3v) is 8.11. The highest BCUT2D eigenvalue weighted by Gasteiger charge is 2.69. The molecule has 2 aromatic rings. The summed E-state index contributed by atoms with van der Waals surface area (Å²) in [4.78, 5) is 72.1. The largest absolute Gasteiger partial charge is 0.507 e. The van der Waals surface area contributed by atoms with Crippen molar-refractivity contribution in [2.24, 2.45) is 29.4 Å². The predicted molar refractivity (Wildman–Crippen MR) is 129 cm³/mol. The van der Waals surface area contributed by atoms with Crippen LogP contribution in [0.25, 0.3) is 11.3 Å². The molecule has 0 bridgehead atoms. The van der Waals surface area contributed by atoms with Crippen LogP contribution >= 0.6 is 0 Å². The Morgan fingerprint density at radius 3 is 2.43 bits per heavy atom. The number of Topliss-reactive ketones (excluding diaryl/α,β-unsaturated/α-hetero) is 4. The molecule has 6 atom stereocenters. The van der Waals surface area contributed by atoms with Gasteiger partial charge in [0.2, 0.25) is 5.91 Å². The number of ketones is 4. The standard InChI is InChI=1S/C27H27N3O7/c1-11-5-4-6-16(29-11)13-7-8-17(31)19-14(13)9-12-10-15-21(30(2)3)23(33)20(26(28)36)25(35)27(15,37)24(34)18(12)22(19)32/h4-8,12,15,18,20-21,31,37H,9-10H2,1-3H3,(H2,28,36). The highest BCUT2D eigenvalue weighted by Crippen LogP contribution is 2.51. The van der Waals surface area contributed by atoms with E-state index in [0.717, 1.165) is 5.69 Å². The van der Waals surface area contributed by atoms with E-state index in [0.29, 0.717) is 16.8 Å². The first-order valence-corrected chi connectivity index (χ1v) is 12.0. The van der Waals surface area contributed by atoms with E-state index >= 15 is 0 Å². The molecule has 1 aromatic heterocycles. The van der Waals surface area contributed by atoms with Crippen molar-refractivity contribution < 1.29 is 34.2 Å². The summed E-state index contributed by atoms with van der Waals surface area (Å²) in [6, 6.07) is 7.32. The molecule has 0 spiro atoms. The normalized spacial score (nSPS) is 31.1. The molecule has 0 radical (unpaired) electrons. The SMILES string of the molecule is Cc1cccc(-c2ccc(O)c3c2CC2CC4C(N(C)C)C(=O)C(C(N)=O)C(=O)C4(O)C(=O)C2C3=O)n1. The zero-order valence-corrected chi connectivity index (χ0v) is 20.6. The van der Waals surface area contributed by atoms with Crippen molar-refractivity contribution in [2.75, 3.05) is 14.1 Å². The molecule has 0 saturated heterocycles. The minimum Gasteiger partial charge on any atom is -0.507 e. The molecule has 4 N–H and O–H groups in total. The highest BCUT2D eigenvalue weighted by atomic mass is 16.3. The average Bonchev–Trinajstić information content (AvgIpc) is 2.81. The molecule has 3 aliphatic carbocycles. The van der Waals surface area contributed by atoms with Crippen molar-refractivity contribution in [3.8, 4) is 17.0 Å². The average molecular weight is 506 g/mol. The molecule has 10 nitrogen and oxygen atoms in total. The van der Waals surface area contributed by atoms with Gasteiger partial charge in [-0.25, -0.2) is 0 Å². The number of phenolic OH excluding ortho intramolecular Hbond substituents is 1. The molecule has 1 amide bonds. The van der Waals surface area contributed by atoms with Crippen molar-refractivity contribution in [3.05, 3.63) is 47.2 Å². The number of rotatable bonds is 3. The predicted octanol–water partition coefficient (Wildman–Crippen LogP) is 0.237. The number of nitrogens with two attached hydrogens (primary N) is 1. The summed E-state index contributed by atoms with van der Waals surface area (Å²) in [6.45, 7) is 1.83. The van der Waals surface area contributed by atoms with Gasteiger partial charge in [0.25, 0.3) is 0 Å². The lowest BCUT2D eigenvalue weighted by Gasteiger charge is -2.52. The molecule has 3 aliphatic rings. The number of hydrogen-bond acceptors (Lipinski definition) is 9. The molecule has 0 aliphatic heterocycles. The van der Waals surface area contributed by atoms with Gasteiger partial charge in [0.1, 0.15) is 5.75 Å². The number of amides is 1. The van der Waals surface area contributed by atoms with E-state index in [1.807, 2.05) is 19.1 Å². The van der Waals surface area contributed by atoms with E-state index < -0.39 is 64.4 Å². The van der Waals surface area contributed by atoms with Crippen LogP contribution in [0.3, 0.4) is 0 Å². The van der Waals surface area contributed by atoms with Crippen LogP contribution < -0.4 is 5.73 Å². The van der Waals surface area contributed by atoms with Crippen LogP contribution in [-0.4, -0.2) is 74.9 Å². The Balaban J connectivity index is 1.67. The molecule has 2 fully saturated rings. The minimum absolute atomic E-state index is 0.000236. The fourth-order valence-corrected chi connectivity index (χ4v) is 6.54. The molecule has 10 heteroatoms. The van der Waals surface area contributed by atoms with Crippen molar-refractivity contribution in [1.82, 2.24) is 9.88 Å². The summed E-state index contributed by atoms with van der Waals surface area (Å²) in [5.74, 6) is -10.6. The monoisotopic (exact) mass is 505 g/mol. The molecule has 2 saturated carbocycles. The van der Waals surface area contributed by atoms with E-state index in [4.69, 9.17) is 5.73 Å². The maximum absolute atomic E-state index is 13.8. The number of likely N-dealkylation sites (N-methyl/N-ethyl adjacent to an activating group) is 1. The number of aryl methyl sites for hydroxylation is 1. The molecule has 192 valence electrons. The van der Waals surface area contributed by atoms with Crippen LogP contribution in [0.5, 0.6) is 5.75 Å². The van der Waals surface area contributed by atoms with Gasteiger partial charge in [0.05, 0.1) is 23.2 Å². The first-order valence-electron chi connectivity index (χ1n) is 12.0. The molecule has 37 heavy (non-hydrogen) atoms. The van der Waals surface area contributed by atoms with Crippen molar-refractivity contribution in [1.29, 1.82) is 0 Å². The van der Waals surface area contributed by atoms with Gasteiger partial charge in [-0.15, -0.1) is 0 Å². The van der Waals surface area contributed by atoms with Crippen LogP contribution in [-0.2, 0) is 25.6 Å². The Kier molecular flexibility index (Phi) is 5.65. The van der Waals surface area contributed by atoms with E-state index in [1.54, 1.807) is 26.2 Å². The molecule has 1 aromatic carbocycles. The topological polar surface area (TPSA) is 168 Å². The summed E-state index contributed by atoms with van der Waals surface area (Å²) in [5.41, 5.74) is 5.06. The number of primary amides is 1. The van der Waals surface area contributed by atoms with E-state index in [2.05, 4.69) is 4.98 Å². The lowest BCUT2D eigenvalue weighted by molar-refractivity contribution is -0.181. The molecule has 6 unspecified atom stereocenters. The number of aliphatic hydroxyl groups is 1. The van der Waals surface area contributed by atoms with Crippen LogP contribution in [0.1, 0.15) is 28.0 Å².